The Hall–Kier alpha value is -2.58. The van der Waals surface area contributed by atoms with Crippen LogP contribution in [0.2, 0.25) is 0 Å². The maximum atomic E-state index is 12.7. The first kappa shape index (κ1) is 20.2. The van der Waals surface area contributed by atoms with E-state index in [1.165, 1.54) is 31.4 Å². The van der Waals surface area contributed by atoms with Crippen LogP contribution in [0.25, 0.3) is 0 Å². The largest absolute Gasteiger partial charge is 0.494 e. The highest BCUT2D eigenvalue weighted by Gasteiger charge is 2.23. The number of sulfonamides is 1. The first-order valence-corrected chi connectivity index (χ1v) is 10.5. The van der Waals surface area contributed by atoms with Crippen molar-refractivity contribution >= 4 is 16.0 Å². The lowest BCUT2D eigenvalue weighted by molar-refractivity contribution is 0.0600. The van der Waals surface area contributed by atoms with E-state index in [1.807, 2.05) is 26.0 Å². The Morgan fingerprint density at radius 2 is 2.07 bits per heavy atom. The molecule has 0 aliphatic carbocycles. The van der Waals surface area contributed by atoms with Gasteiger partial charge < -0.3 is 14.2 Å². The number of esters is 1. The lowest BCUT2D eigenvalue weighted by Gasteiger charge is -2.14. The van der Waals surface area contributed by atoms with Crippen LogP contribution in [0.5, 0.6) is 11.5 Å². The number of hydrogen-bond donors (Lipinski definition) is 1. The van der Waals surface area contributed by atoms with Gasteiger partial charge in [0.1, 0.15) is 17.6 Å². The van der Waals surface area contributed by atoms with Crippen LogP contribution in [0.4, 0.5) is 0 Å². The third-order valence-corrected chi connectivity index (χ3v) is 5.80. The summed E-state index contributed by atoms with van der Waals surface area (Å²) in [6.45, 7) is 4.36. The van der Waals surface area contributed by atoms with Gasteiger partial charge in [-0.2, -0.15) is 0 Å². The number of hydrogen-bond acceptors (Lipinski definition) is 6. The van der Waals surface area contributed by atoms with Gasteiger partial charge in [0.2, 0.25) is 10.0 Å². The minimum Gasteiger partial charge on any atom is -0.494 e. The van der Waals surface area contributed by atoms with E-state index in [0.29, 0.717) is 17.9 Å². The molecule has 0 bridgehead atoms. The fraction of sp³-hybridized carbons (Fsp3) is 0.350. The molecule has 7 nitrogen and oxygen atoms in total. The molecule has 1 aliphatic rings. The normalized spacial score (nSPS) is 15.6. The van der Waals surface area contributed by atoms with Crippen LogP contribution in [-0.4, -0.2) is 34.2 Å². The van der Waals surface area contributed by atoms with Gasteiger partial charge in [0.15, 0.2) is 0 Å². The molecule has 8 heteroatoms. The molecule has 0 saturated carbocycles. The number of fused-ring (bicyclic) bond motifs is 1. The molecule has 1 heterocycles. The highest BCUT2D eigenvalue weighted by atomic mass is 32.2. The van der Waals surface area contributed by atoms with Crippen LogP contribution < -0.4 is 14.2 Å². The van der Waals surface area contributed by atoms with E-state index in [0.717, 1.165) is 17.7 Å². The van der Waals surface area contributed by atoms with Crippen molar-refractivity contribution in [3.63, 3.8) is 0 Å². The number of ether oxygens (including phenoxy) is 3. The monoisotopic (exact) mass is 405 g/mol. The lowest BCUT2D eigenvalue weighted by atomic mass is 10.1. The van der Waals surface area contributed by atoms with Crippen LogP contribution in [-0.2, 0) is 27.7 Å². The molecular weight excluding hydrogens is 382 g/mol. The van der Waals surface area contributed by atoms with Crippen LogP contribution in [0, 0.1) is 0 Å². The third kappa shape index (κ3) is 4.28. The zero-order valence-electron chi connectivity index (χ0n) is 16.0. The average molecular weight is 405 g/mol. The lowest BCUT2D eigenvalue weighted by Crippen LogP contribution is -2.24. The molecule has 1 N–H and O–H groups in total. The van der Waals surface area contributed by atoms with E-state index in [9.17, 15) is 13.2 Å². The van der Waals surface area contributed by atoms with Gasteiger partial charge in [-0.3, -0.25) is 0 Å². The van der Waals surface area contributed by atoms with Gasteiger partial charge in [-0.25, -0.2) is 17.9 Å². The quantitative estimate of drug-likeness (QED) is 0.712. The molecule has 2 aromatic carbocycles. The smallest absolute Gasteiger partial charge is 0.337 e. The Bertz CT molecular complexity index is 986. The second kappa shape index (κ2) is 8.20. The van der Waals surface area contributed by atoms with Crippen molar-refractivity contribution in [2.45, 2.75) is 37.8 Å². The van der Waals surface area contributed by atoms with E-state index in [1.54, 1.807) is 0 Å². The van der Waals surface area contributed by atoms with Gasteiger partial charge >= 0.3 is 5.97 Å². The van der Waals surface area contributed by atoms with Crippen molar-refractivity contribution < 1.29 is 27.4 Å². The number of methoxy groups -OCH3 is 1. The van der Waals surface area contributed by atoms with Gasteiger partial charge in [0.05, 0.1) is 24.2 Å². The molecule has 0 fully saturated rings. The topological polar surface area (TPSA) is 90.9 Å². The van der Waals surface area contributed by atoms with Crippen molar-refractivity contribution in [1.82, 2.24) is 4.72 Å². The van der Waals surface area contributed by atoms with E-state index in [-0.39, 0.29) is 23.1 Å². The maximum absolute atomic E-state index is 12.7. The molecule has 2 aromatic rings. The Kier molecular flexibility index (Phi) is 5.90. The van der Waals surface area contributed by atoms with Gasteiger partial charge in [-0.1, -0.05) is 6.07 Å². The van der Waals surface area contributed by atoms with Crippen LogP contribution in [0.15, 0.2) is 41.3 Å². The minimum atomic E-state index is -3.83. The first-order valence-electron chi connectivity index (χ1n) is 8.97. The van der Waals surface area contributed by atoms with Crippen molar-refractivity contribution in [1.29, 1.82) is 0 Å². The molecule has 150 valence electrons. The molecule has 0 unspecified atom stereocenters. The summed E-state index contributed by atoms with van der Waals surface area (Å²) in [5.74, 6) is 0.781. The van der Waals surface area contributed by atoms with E-state index in [4.69, 9.17) is 9.47 Å². The van der Waals surface area contributed by atoms with Gasteiger partial charge in [-0.05, 0) is 44.2 Å². The molecule has 0 radical (unpaired) electrons. The Balaban J connectivity index is 1.83. The predicted molar refractivity (Wildman–Crippen MR) is 103 cm³/mol. The molecule has 0 saturated heterocycles. The number of carbonyl (C=O) groups excluding carboxylic acids is 1. The average Bonchev–Trinajstić information content (AvgIpc) is 3.04. The number of carbonyl (C=O) groups is 1. The third-order valence-electron chi connectivity index (χ3n) is 4.40. The summed E-state index contributed by atoms with van der Waals surface area (Å²) >= 11 is 0. The summed E-state index contributed by atoms with van der Waals surface area (Å²) < 4.78 is 44.0. The zero-order valence-corrected chi connectivity index (χ0v) is 16.8. The Labute approximate surface area is 164 Å². The van der Waals surface area contributed by atoms with E-state index < -0.39 is 16.0 Å². The van der Waals surface area contributed by atoms with Crippen LogP contribution in [0.1, 0.15) is 35.3 Å². The van der Waals surface area contributed by atoms with Crippen molar-refractivity contribution in [3.8, 4) is 11.5 Å². The van der Waals surface area contributed by atoms with E-state index >= 15 is 0 Å². The molecule has 3 rings (SSSR count). The highest BCUT2D eigenvalue weighted by Crippen LogP contribution is 2.35. The predicted octanol–water partition coefficient (Wildman–Crippen LogP) is 2.67. The molecular formula is C20H23NO6S. The standard InChI is InChI=1S/C20H23NO6S/c1-4-26-18-10-15-8-13(2)27-19(15)11-16(18)12-21-28(23,24)17-7-5-6-14(9-17)20(22)25-3/h5-7,9-11,13,21H,4,8,12H2,1-3H3/t13-/m0/s1. The first-order chi connectivity index (χ1) is 13.3. The summed E-state index contributed by atoms with van der Waals surface area (Å²) in [5, 5.41) is 0. The summed E-state index contributed by atoms with van der Waals surface area (Å²) in [6, 6.07) is 9.42. The summed E-state index contributed by atoms with van der Waals surface area (Å²) in [5.41, 5.74) is 1.90. The van der Waals surface area contributed by atoms with Crippen molar-refractivity contribution in [3.05, 3.63) is 53.1 Å². The maximum Gasteiger partial charge on any atom is 0.337 e. The zero-order chi connectivity index (χ0) is 20.3. The van der Waals surface area contributed by atoms with Gasteiger partial charge in [-0.15, -0.1) is 0 Å². The summed E-state index contributed by atoms with van der Waals surface area (Å²) in [7, 11) is -2.59. The van der Waals surface area contributed by atoms with E-state index in [2.05, 4.69) is 9.46 Å². The molecule has 0 aromatic heterocycles. The van der Waals surface area contributed by atoms with Crippen LogP contribution >= 0.6 is 0 Å². The fourth-order valence-electron chi connectivity index (χ4n) is 3.07. The number of nitrogens with one attached hydrogen (secondary N) is 1. The fourth-order valence-corrected chi connectivity index (χ4v) is 4.13. The Morgan fingerprint density at radius 3 is 2.79 bits per heavy atom. The highest BCUT2D eigenvalue weighted by molar-refractivity contribution is 7.89. The van der Waals surface area contributed by atoms with Gasteiger partial charge in [0, 0.05) is 24.1 Å². The van der Waals surface area contributed by atoms with Gasteiger partial charge in [0.25, 0.3) is 0 Å². The minimum absolute atomic E-state index is 0.0145. The number of benzene rings is 2. The second-order valence-corrected chi connectivity index (χ2v) is 8.24. The Morgan fingerprint density at radius 1 is 1.29 bits per heavy atom. The summed E-state index contributed by atoms with van der Waals surface area (Å²) in [6.07, 6.45) is 0.874. The van der Waals surface area contributed by atoms with Crippen molar-refractivity contribution in [2.24, 2.45) is 0 Å². The molecule has 0 amide bonds. The van der Waals surface area contributed by atoms with Crippen molar-refractivity contribution in [2.75, 3.05) is 13.7 Å². The number of rotatable bonds is 7. The van der Waals surface area contributed by atoms with Crippen LogP contribution in [0.3, 0.4) is 0 Å². The molecule has 0 spiro atoms. The molecule has 28 heavy (non-hydrogen) atoms. The second-order valence-electron chi connectivity index (χ2n) is 6.48. The SMILES string of the molecule is CCOc1cc2c(cc1CNS(=O)(=O)c1cccc(C(=O)OC)c1)O[C@@H](C)C2. The molecule has 1 atom stereocenters. The molecule has 1 aliphatic heterocycles. The summed E-state index contributed by atoms with van der Waals surface area (Å²) in [4.78, 5) is 11.6.